The maximum Gasteiger partial charge on any atom is 0.0317 e. The van der Waals surface area contributed by atoms with Crippen molar-refractivity contribution in [3.63, 3.8) is 0 Å². The molecule has 0 unspecified atom stereocenters. The quantitative estimate of drug-likeness (QED) is 0.707. The van der Waals surface area contributed by atoms with Gasteiger partial charge in [-0.2, -0.15) is 0 Å². The first-order valence-electron chi connectivity index (χ1n) is 5.94. The Labute approximate surface area is 91.1 Å². The summed E-state index contributed by atoms with van der Waals surface area (Å²) >= 11 is 0. The van der Waals surface area contributed by atoms with E-state index in [1.54, 1.807) is 0 Å². The lowest BCUT2D eigenvalue weighted by Gasteiger charge is -2.19. The first-order valence-corrected chi connectivity index (χ1v) is 5.94. The molecule has 0 spiro atoms. The van der Waals surface area contributed by atoms with E-state index in [1.807, 2.05) is 6.07 Å². The molecule has 2 N–H and O–H groups in total. The number of anilines is 1. The Bertz CT molecular complexity index is 369. The van der Waals surface area contributed by atoms with Crippen molar-refractivity contribution in [1.82, 2.24) is 4.90 Å². The average Bonchev–Trinajstić information content (AvgIpc) is 3.03. The molecule has 2 aliphatic rings. The second-order valence-corrected chi connectivity index (χ2v) is 4.83. The van der Waals surface area contributed by atoms with Crippen molar-refractivity contribution in [3.8, 4) is 0 Å². The molecule has 0 amide bonds. The van der Waals surface area contributed by atoms with Crippen molar-refractivity contribution >= 4 is 5.69 Å². The minimum atomic E-state index is 0.873. The Morgan fingerprint density at radius 3 is 2.87 bits per heavy atom. The molecule has 0 radical (unpaired) electrons. The van der Waals surface area contributed by atoms with Gasteiger partial charge in [0.2, 0.25) is 0 Å². The van der Waals surface area contributed by atoms with Crippen LogP contribution in [0.15, 0.2) is 18.2 Å². The standard InChI is InChI=1S/C13H18N2/c14-12-4-3-10-2-1-7-15(13-5-6-13)9-11(10)8-12/h3-4,8,13H,1-2,5-7,9,14H2. The molecule has 0 bridgehead atoms. The van der Waals surface area contributed by atoms with Gasteiger partial charge in [0.25, 0.3) is 0 Å². The van der Waals surface area contributed by atoms with E-state index in [0.29, 0.717) is 0 Å². The van der Waals surface area contributed by atoms with Gasteiger partial charge in [0.15, 0.2) is 0 Å². The van der Waals surface area contributed by atoms with E-state index in [0.717, 1.165) is 18.3 Å². The highest BCUT2D eigenvalue weighted by Gasteiger charge is 2.29. The molecule has 80 valence electrons. The summed E-state index contributed by atoms with van der Waals surface area (Å²) in [6.07, 6.45) is 5.32. The Kier molecular flexibility index (Phi) is 2.17. The van der Waals surface area contributed by atoms with E-state index < -0.39 is 0 Å². The molecule has 1 aromatic carbocycles. The third-order valence-electron chi connectivity index (χ3n) is 3.56. The Morgan fingerprint density at radius 1 is 1.20 bits per heavy atom. The smallest absolute Gasteiger partial charge is 0.0317 e. The van der Waals surface area contributed by atoms with E-state index in [4.69, 9.17) is 5.73 Å². The molecule has 15 heavy (non-hydrogen) atoms. The van der Waals surface area contributed by atoms with Crippen LogP contribution in [0.5, 0.6) is 0 Å². The Hall–Kier alpha value is -1.02. The van der Waals surface area contributed by atoms with Crippen LogP contribution in [-0.2, 0) is 13.0 Å². The molecule has 0 aromatic heterocycles. The van der Waals surface area contributed by atoms with Crippen LogP contribution < -0.4 is 5.73 Å². The highest BCUT2D eigenvalue weighted by Crippen LogP contribution is 2.31. The summed E-state index contributed by atoms with van der Waals surface area (Å²) in [6, 6.07) is 7.28. The van der Waals surface area contributed by atoms with Gasteiger partial charge in [-0.05, 0) is 55.5 Å². The van der Waals surface area contributed by atoms with Crippen LogP contribution in [0.3, 0.4) is 0 Å². The zero-order valence-electron chi connectivity index (χ0n) is 9.08. The average molecular weight is 202 g/mol. The van der Waals surface area contributed by atoms with Gasteiger partial charge in [0.05, 0.1) is 0 Å². The van der Waals surface area contributed by atoms with Gasteiger partial charge in [0.1, 0.15) is 0 Å². The molecule has 1 heterocycles. The normalized spacial score (nSPS) is 22.1. The van der Waals surface area contributed by atoms with Gasteiger partial charge in [0, 0.05) is 18.3 Å². The molecule has 0 saturated heterocycles. The van der Waals surface area contributed by atoms with E-state index in [2.05, 4.69) is 17.0 Å². The monoisotopic (exact) mass is 202 g/mol. The summed E-state index contributed by atoms with van der Waals surface area (Å²) in [7, 11) is 0. The van der Waals surface area contributed by atoms with Crippen molar-refractivity contribution < 1.29 is 0 Å². The number of hydrogen-bond donors (Lipinski definition) is 1. The zero-order valence-corrected chi connectivity index (χ0v) is 9.08. The fourth-order valence-electron chi connectivity index (χ4n) is 2.56. The third-order valence-corrected chi connectivity index (χ3v) is 3.56. The third kappa shape index (κ3) is 1.86. The van der Waals surface area contributed by atoms with Crippen molar-refractivity contribution in [1.29, 1.82) is 0 Å². The van der Waals surface area contributed by atoms with Crippen LogP contribution in [-0.4, -0.2) is 17.5 Å². The summed E-state index contributed by atoms with van der Waals surface area (Å²) in [6.45, 7) is 2.38. The minimum absolute atomic E-state index is 0.873. The lowest BCUT2D eigenvalue weighted by Crippen LogP contribution is -2.25. The lowest BCUT2D eigenvalue weighted by atomic mass is 10.0. The van der Waals surface area contributed by atoms with Gasteiger partial charge in [-0.3, -0.25) is 4.90 Å². The molecule has 0 atom stereocenters. The summed E-state index contributed by atoms with van der Waals surface area (Å²) in [5.74, 6) is 0. The summed E-state index contributed by atoms with van der Waals surface area (Å²) < 4.78 is 0. The molecule has 3 rings (SSSR count). The molecular weight excluding hydrogens is 184 g/mol. The van der Waals surface area contributed by atoms with Crippen molar-refractivity contribution in [2.75, 3.05) is 12.3 Å². The minimum Gasteiger partial charge on any atom is -0.399 e. The van der Waals surface area contributed by atoms with Gasteiger partial charge >= 0.3 is 0 Å². The number of nitrogens with zero attached hydrogens (tertiary/aromatic N) is 1. The Morgan fingerprint density at radius 2 is 2.07 bits per heavy atom. The lowest BCUT2D eigenvalue weighted by molar-refractivity contribution is 0.259. The predicted octanol–water partition coefficient (Wildman–Crippen LogP) is 2.18. The maximum absolute atomic E-state index is 5.85. The molecule has 1 aromatic rings. The highest BCUT2D eigenvalue weighted by molar-refractivity contribution is 5.45. The molecule has 2 heteroatoms. The van der Waals surface area contributed by atoms with Gasteiger partial charge in [-0.15, -0.1) is 0 Å². The molecule has 1 aliphatic heterocycles. The summed E-state index contributed by atoms with van der Waals surface area (Å²) in [4.78, 5) is 2.63. The topological polar surface area (TPSA) is 29.3 Å². The number of hydrogen-bond acceptors (Lipinski definition) is 2. The fraction of sp³-hybridized carbons (Fsp3) is 0.538. The number of nitrogens with two attached hydrogens (primary N) is 1. The van der Waals surface area contributed by atoms with E-state index in [1.165, 1.54) is 43.4 Å². The largest absolute Gasteiger partial charge is 0.399 e. The Balaban J connectivity index is 1.89. The van der Waals surface area contributed by atoms with Gasteiger partial charge < -0.3 is 5.73 Å². The van der Waals surface area contributed by atoms with E-state index >= 15 is 0 Å². The van der Waals surface area contributed by atoms with Crippen LogP contribution >= 0.6 is 0 Å². The van der Waals surface area contributed by atoms with Gasteiger partial charge in [-0.1, -0.05) is 6.07 Å². The van der Waals surface area contributed by atoms with Crippen molar-refractivity contribution in [2.24, 2.45) is 0 Å². The first kappa shape index (κ1) is 9.22. The fourth-order valence-corrected chi connectivity index (χ4v) is 2.56. The van der Waals surface area contributed by atoms with Crippen molar-refractivity contribution in [2.45, 2.75) is 38.3 Å². The van der Waals surface area contributed by atoms with Crippen LogP contribution in [0, 0.1) is 0 Å². The molecular formula is C13H18N2. The van der Waals surface area contributed by atoms with Gasteiger partial charge in [-0.25, -0.2) is 0 Å². The second kappa shape index (κ2) is 3.53. The SMILES string of the molecule is Nc1ccc2c(c1)CN(C1CC1)CCC2. The summed E-state index contributed by atoms with van der Waals surface area (Å²) in [5.41, 5.74) is 9.72. The zero-order chi connectivity index (χ0) is 10.3. The van der Waals surface area contributed by atoms with Crippen LogP contribution in [0.2, 0.25) is 0 Å². The van der Waals surface area contributed by atoms with Crippen LogP contribution in [0.25, 0.3) is 0 Å². The van der Waals surface area contributed by atoms with Crippen LogP contribution in [0.1, 0.15) is 30.4 Å². The number of nitrogen functional groups attached to an aromatic ring is 1. The second-order valence-electron chi connectivity index (χ2n) is 4.83. The highest BCUT2D eigenvalue weighted by atomic mass is 15.2. The number of benzene rings is 1. The molecule has 1 saturated carbocycles. The number of rotatable bonds is 1. The predicted molar refractivity (Wildman–Crippen MR) is 62.6 cm³/mol. The molecule has 2 nitrogen and oxygen atoms in total. The number of aryl methyl sites for hydroxylation is 1. The van der Waals surface area contributed by atoms with Crippen molar-refractivity contribution in [3.05, 3.63) is 29.3 Å². The number of fused-ring (bicyclic) bond motifs is 1. The van der Waals surface area contributed by atoms with Crippen LogP contribution in [0.4, 0.5) is 5.69 Å². The molecule has 1 aliphatic carbocycles. The molecule has 1 fully saturated rings. The summed E-state index contributed by atoms with van der Waals surface area (Å²) in [5, 5.41) is 0. The van der Waals surface area contributed by atoms with E-state index in [-0.39, 0.29) is 0 Å². The first-order chi connectivity index (χ1) is 7.33. The maximum atomic E-state index is 5.85. The van der Waals surface area contributed by atoms with E-state index in [9.17, 15) is 0 Å².